The third-order valence-electron chi connectivity index (χ3n) is 0.925. The molecule has 1 heterocycles. The van der Waals surface area contributed by atoms with Gasteiger partial charge in [0, 0.05) is 0 Å². The summed E-state index contributed by atoms with van der Waals surface area (Å²) < 4.78 is 29.8. The van der Waals surface area contributed by atoms with Crippen LogP contribution in [-0.2, 0) is 19.0 Å². The van der Waals surface area contributed by atoms with E-state index in [1.807, 2.05) is 0 Å². The molecule has 2 atom stereocenters. The highest BCUT2D eigenvalue weighted by Gasteiger charge is 2.38. The molecule has 1 rings (SSSR count). The van der Waals surface area contributed by atoms with Crippen LogP contribution in [0.2, 0.25) is 0 Å². The Morgan fingerprint density at radius 3 is 2.11 bits per heavy atom. The first kappa shape index (κ1) is 6.98. The van der Waals surface area contributed by atoms with Crippen molar-refractivity contribution in [2.45, 2.75) is 19.3 Å². The molecule has 1 saturated heterocycles. The van der Waals surface area contributed by atoms with E-state index >= 15 is 0 Å². The molecule has 0 aromatic carbocycles. The van der Waals surface area contributed by atoms with Gasteiger partial charge in [0.2, 0.25) is 6.29 Å². The first-order chi connectivity index (χ1) is 3.99. The minimum atomic E-state index is -3.32. The standard InChI is InChI=1S/C4H8O4S/c1-3-4(7-3)8-9(2,5)6/h3-4H,1-2H3. The van der Waals surface area contributed by atoms with Gasteiger partial charge in [-0.25, -0.2) is 4.18 Å². The van der Waals surface area contributed by atoms with Gasteiger partial charge in [0.15, 0.2) is 0 Å². The lowest BCUT2D eigenvalue weighted by Crippen LogP contribution is -2.06. The summed E-state index contributed by atoms with van der Waals surface area (Å²) in [5.41, 5.74) is 0. The van der Waals surface area contributed by atoms with Crippen LogP contribution in [0.5, 0.6) is 0 Å². The molecule has 1 aliphatic heterocycles. The molecule has 54 valence electrons. The van der Waals surface area contributed by atoms with Crippen LogP contribution in [0.15, 0.2) is 0 Å². The van der Waals surface area contributed by atoms with Crippen LogP contribution in [0.4, 0.5) is 0 Å². The molecule has 0 saturated carbocycles. The molecule has 1 fully saturated rings. The number of rotatable bonds is 2. The third-order valence-corrected chi connectivity index (χ3v) is 1.46. The van der Waals surface area contributed by atoms with Crippen molar-refractivity contribution in [3.8, 4) is 0 Å². The number of hydrogen-bond acceptors (Lipinski definition) is 4. The van der Waals surface area contributed by atoms with Crippen molar-refractivity contribution in [2.24, 2.45) is 0 Å². The summed E-state index contributed by atoms with van der Waals surface area (Å²) in [6, 6.07) is 0. The Morgan fingerprint density at radius 2 is 2.00 bits per heavy atom. The molecule has 0 radical (unpaired) electrons. The first-order valence-electron chi connectivity index (χ1n) is 2.53. The maximum atomic E-state index is 10.3. The molecule has 2 unspecified atom stereocenters. The molecule has 5 heteroatoms. The summed E-state index contributed by atoms with van der Waals surface area (Å²) in [5.74, 6) is 0. The fourth-order valence-corrected chi connectivity index (χ4v) is 0.986. The largest absolute Gasteiger partial charge is 0.341 e. The predicted molar refractivity (Wildman–Crippen MR) is 30.3 cm³/mol. The molecule has 0 N–H and O–H groups in total. The third kappa shape index (κ3) is 2.30. The van der Waals surface area contributed by atoms with E-state index in [1.165, 1.54) is 0 Å². The summed E-state index contributed by atoms with van der Waals surface area (Å²) in [5, 5.41) is 0. The summed E-state index contributed by atoms with van der Waals surface area (Å²) in [4.78, 5) is 0. The lowest BCUT2D eigenvalue weighted by Gasteiger charge is -1.91. The van der Waals surface area contributed by atoms with Crippen molar-refractivity contribution < 1.29 is 17.3 Å². The molecule has 0 aromatic rings. The highest BCUT2D eigenvalue weighted by atomic mass is 32.2. The number of epoxide rings is 1. The highest BCUT2D eigenvalue weighted by molar-refractivity contribution is 7.86. The second-order valence-corrected chi connectivity index (χ2v) is 3.61. The Hall–Kier alpha value is -0.130. The van der Waals surface area contributed by atoms with Gasteiger partial charge >= 0.3 is 0 Å². The van der Waals surface area contributed by atoms with Gasteiger partial charge in [0.25, 0.3) is 10.1 Å². The van der Waals surface area contributed by atoms with E-state index in [1.54, 1.807) is 6.92 Å². The van der Waals surface area contributed by atoms with E-state index in [4.69, 9.17) is 4.74 Å². The normalized spacial score (nSPS) is 34.4. The van der Waals surface area contributed by atoms with Crippen LogP contribution in [0, 0.1) is 0 Å². The van der Waals surface area contributed by atoms with E-state index in [9.17, 15) is 8.42 Å². The number of ether oxygens (including phenoxy) is 1. The van der Waals surface area contributed by atoms with Gasteiger partial charge in [-0.1, -0.05) is 0 Å². The Morgan fingerprint density at radius 1 is 1.56 bits per heavy atom. The molecule has 0 aliphatic carbocycles. The molecular weight excluding hydrogens is 144 g/mol. The maximum Gasteiger partial charge on any atom is 0.266 e. The average molecular weight is 152 g/mol. The molecule has 1 aliphatic rings. The topological polar surface area (TPSA) is 55.9 Å². The van der Waals surface area contributed by atoms with Crippen LogP contribution >= 0.6 is 0 Å². The zero-order valence-electron chi connectivity index (χ0n) is 5.20. The second-order valence-electron chi connectivity index (χ2n) is 2.01. The zero-order valence-corrected chi connectivity index (χ0v) is 6.01. The van der Waals surface area contributed by atoms with Crippen molar-refractivity contribution in [2.75, 3.05) is 6.26 Å². The summed E-state index contributed by atoms with van der Waals surface area (Å²) in [6.45, 7) is 1.75. The van der Waals surface area contributed by atoms with Gasteiger partial charge in [0.1, 0.15) is 6.10 Å². The van der Waals surface area contributed by atoms with Gasteiger partial charge in [-0.15, -0.1) is 0 Å². The fourth-order valence-electron chi connectivity index (χ4n) is 0.439. The van der Waals surface area contributed by atoms with Gasteiger partial charge < -0.3 is 4.74 Å². The predicted octanol–water partition coefficient (Wildman–Crippen LogP) is -0.293. The monoisotopic (exact) mass is 152 g/mol. The average Bonchev–Trinajstić information content (AvgIpc) is 2.13. The first-order valence-corrected chi connectivity index (χ1v) is 4.34. The van der Waals surface area contributed by atoms with Crippen molar-refractivity contribution in [3.63, 3.8) is 0 Å². The SMILES string of the molecule is CC1OC1OS(C)(=O)=O. The van der Waals surface area contributed by atoms with Crippen LogP contribution in [0.3, 0.4) is 0 Å². The summed E-state index contributed by atoms with van der Waals surface area (Å²) >= 11 is 0. The van der Waals surface area contributed by atoms with Crippen LogP contribution in [-0.4, -0.2) is 27.1 Å². The van der Waals surface area contributed by atoms with Crippen molar-refractivity contribution >= 4 is 10.1 Å². The minimum absolute atomic E-state index is 0.0697. The van der Waals surface area contributed by atoms with Crippen LogP contribution in [0.1, 0.15) is 6.92 Å². The quantitative estimate of drug-likeness (QED) is 0.403. The lowest BCUT2D eigenvalue weighted by atomic mass is 10.5. The molecule has 0 bridgehead atoms. The van der Waals surface area contributed by atoms with Crippen LogP contribution < -0.4 is 0 Å². The van der Waals surface area contributed by atoms with Crippen LogP contribution in [0.25, 0.3) is 0 Å². The highest BCUT2D eigenvalue weighted by Crippen LogP contribution is 2.23. The van der Waals surface area contributed by atoms with Gasteiger partial charge in [0.05, 0.1) is 6.26 Å². The number of hydrogen-bond donors (Lipinski definition) is 0. The second kappa shape index (κ2) is 1.93. The van der Waals surface area contributed by atoms with E-state index in [-0.39, 0.29) is 6.10 Å². The van der Waals surface area contributed by atoms with Crippen molar-refractivity contribution in [1.29, 1.82) is 0 Å². The minimum Gasteiger partial charge on any atom is -0.341 e. The Balaban J connectivity index is 2.37. The summed E-state index contributed by atoms with van der Waals surface area (Å²) in [6.07, 6.45) is 0.404. The molecular formula is C4H8O4S. The Kier molecular flexibility index (Phi) is 1.50. The molecule has 9 heavy (non-hydrogen) atoms. The molecule has 4 nitrogen and oxygen atoms in total. The van der Waals surface area contributed by atoms with Crippen molar-refractivity contribution in [1.82, 2.24) is 0 Å². The van der Waals surface area contributed by atoms with Gasteiger partial charge in [-0.2, -0.15) is 8.42 Å². The summed E-state index contributed by atoms with van der Waals surface area (Å²) in [7, 11) is -3.32. The molecule has 0 spiro atoms. The van der Waals surface area contributed by atoms with E-state index in [0.29, 0.717) is 0 Å². The molecule has 0 aromatic heterocycles. The van der Waals surface area contributed by atoms with Crippen molar-refractivity contribution in [3.05, 3.63) is 0 Å². The zero-order chi connectivity index (χ0) is 7.07. The van der Waals surface area contributed by atoms with Gasteiger partial charge in [-0.05, 0) is 6.92 Å². The Labute approximate surface area is 53.9 Å². The van der Waals surface area contributed by atoms with E-state index < -0.39 is 16.4 Å². The van der Waals surface area contributed by atoms with Gasteiger partial charge in [-0.3, -0.25) is 0 Å². The maximum absolute atomic E-state index is 10.3. The Bertz CT molecular complexity index is 195. The fraction of sp³-hybridized carbons (Fsp3) is 1.00. The van der Waals surface area contributed by atoms with E-state index in [0.717, 1.165) is 6.26 Å². The molecule has 0 amide bonds. The lowest BCUT2D eigenvalue weighted by molar-refractivity contribution is 0.187. The smallest absolute Gasteiger partial charge is 0.266 e. The van der Waals surface area contributed by atoms with E-state index in [2.05, 4.69) is 4.18 Å².